The van der Waals surface area contributed by atoms with Crippen molar-refractivity contribution in [2.45, 2.75) is 108 Å². The first-order valence-electron chi connectivity index (χ1n) is 25.6. The molecule has 3 nitrogen and oxygen atoms in total. The molecule has 6 atom stereocenters. The van der Waals surface area contributed by atoms with E-state index < -0.39 is 0 Å². The Labute approximate surface area is 393 Å². The number of allylic oxidation sites excluding steroid dienone is 28. The molecule has 332 valence electrons. The first-order chi connectivity index (χ1) is 32.8. The van der Waals surface area contributed by atoms with Crippen LogP contribution in [0.15, 0.2) is 209 Å². The van der Waals surface area contributed by atoms with Crippen molar-refractivity contribution in [3.63, 3.8) is 0 Å². The summed E-state index contributed by atoms with van der Waals surface area (Å²) in [6.07, 6.45) is 79.2. The Morgan fingerprint density at radius 2 is 1.48 bits per heavy atom. The minimum atomic E-state index is 0.413. The van der Waals surface area contributed by atoms with Crippen molar-refractivity contribution in [3.05, 3.63) is 221 Å². The van der Waals surface area contributed by atoms with Gasteiger partial charge < -0.3 is 14.4 Å². The van der Waals surface area contributed by atoms with Gasteiger partial charge in [0.25, 0.3) is 0 Å². The van der Waals surface area contributed by atoms with Gasteiger partial charge in [-0.3, -0.25) is 0 Å². The third-order valence-corrected chi connectivity index (χ3v) is 16.3. The number of nitrogens with zero attached hydrogens (tertiary/aromatic N) is 3. The average Bonchev–Trinajstić information content (AvgIpc) is 3.49. The van der Waals surface area contributed by atoms with E-state index in [2.05, 4.69) is 191 Å². The van der Waals surface area contributed by atoms with Crippen molar-refractivity contribution in [2.75, 3.05) is 4.90 Å². The number of anilines is 1. The van der Waals surface area contributed by atoms with Gasteiger partial charge in [0.2, 0.25) is 0 Å². The van der Waals surface area contributed by atoms with Gasteiger partial charge in [-0.1, -0.05) is 151 Å². The second kappa shape index (κ2) is 18.3. The van der Waals surface area contributed by atoms with Gasteiger partial charge in [-0.05, 0) is 137 Å². The number of aromatic nitrogens is 1. The maximum Gasteiger partial charge on any atom is 0.0558 e. The summed E-state index contributed by atoms with van der Waals surface area (Å²) in [6.45, 7) is 0. The molecule has 0 saturated heterocycles. The molecule has 6 unspecified atom stereocenters. The van der Waals surface area contributed by atoms with Crippen LogP contribution in [0.25, 0.3) is 22.7 Å². The standard InChI is InChI=1S/C63H65N3/c1-5-18-45(19-6-1)46-32-36-52(37-33-46)65(60-31-17-21-47-20-13-14-26-55(47)60)62-43-42-54(56-27-15-16-29-57(56)62)48-34-38-51(39-35-48)64(49-22-7-2-8-23-49)53-40-41-59-58-28-11-4-12-30-61(58)66(63(59)44-53)50-24-9-3-10-25-50/h1-2,4-5,7,9,11-14,16-18,20-22,24-26,28-29,31-32,34,38-41,44,47-48,52,55,57,62H,3,6,8,10,15,19,23,27,30,33,35-37,42-43H2. The van der Waals surface area contributed by atoms with Gasteiger partial charge in [-0.15, -0.1) is 0 Å². The highest BCUT2D eigenvalue weighted by Gasteiger charge is 2.42. The van der Waals surface area contributed by atoms with E-state index in [1.165, 1.54) is 89.9 Å². The molecule has 0 radical (unpaired) electrons. The fourth-order valence-electron chi connectivity index (χ4n) is 13.2. The quantitative estimate of drug-likeness (QED) is 0.233. The van der Waals surface area contributed by atoms with E-state index in [0.717, 1.165) is 51.4 Å². The number of hydrogen-bond donors (Lipinski definition) is 0. The molecule has 12 rings (SSSR count). The lowest BCUT2D eigenvalue weighted by Gasteiger charge is -2.51. The summed E-state index contributed by atoms with van der Waals surface area (Å²) in [5.41, 5.74) is 17.5. The molecule has 1 aromatic heterocycles. The lowest BCUT2D eigenvalue weighted by Crippen LogP contribution is -2.50. The molecule has 3 heteroatoms. The molecule has 1 heterocycles. The fraction of sp³-hybridized carbons (Fsp3) is 0.333. The topological polar surface area (TPSA) is 11.4 Å². The van der Waals surface area contributed by atoms with Crippen molar-refractivity contribution in [1.82, 2.24) is 9.47 Å². The average molecular weight is 864 g/mol. The second-order valence-electron chi connectivity index (χ2n) is 20.0. The fourth-order valence-corrected chi connectivity index (χ4v) is 13.2. The summed E-state index contributed by atoms with van der Waals surface area (Å²) in [5.74, 6) is 1.76. The van der Waals surface area contributed by atoms with Crippen molar-refractivity contribution in [2.24, 2.45) is 23.7 Å². The molecular formula is C63H65N3. The van der Waals surface area contributed by atoms with Crippen LogP contribution in [0.5, 0.6) is 0 Å². The first kappa shape index (κ1) is 41.4. The Balaban J connectivity index is 0.863. The van der Waals surface area contributed by atoms with Crippen molar-refractivity contribution in [3.8, 4) is 0 Å². The summed E-state index contributed by atoms with van der Waals surface area (Å²) in [4.78, 5) is 5.58. The third-order valence-electron chi connectivity index (χ3n) is 16.3. The van der Waals surface area contributed by atoms with Gasteiger partial charge in [-0.25, -0.2) is 0 Å². The normalized spacial score (nSPS) is 28.5. The van der Waals surface area contributed by atoms with Crippen LogP contribution in [-0.4, -0.2) is 21.6 Å². The zero-order chi connectivity index (χ0) is 43.8. The van der Waals surface area contributed by atoms with E-state index in [9.17, 15) is 0 Å². The highest BCUT2D eigenvalue weighted by molar-refractivity contribution is 5.97. The monoisotopic (exact) mass is 864 g/mol. The van der Waals surface area contributed by atoms with Gasteiger partial charge in [0.1, 0.15) is 0 Å². The van der Waals surface area contributed by atoms with Crippen LogP contribution in [-0.2, 0) is 6.42 Å². The van der Waals surface area contributed by atoms with E-state index >= 15 is 0 Å². The summed E-state index contributed by atoms with van der Waals surface area (Å²) >= 11 is 0. The maximum atomic E-state index is 3.00. The van der Waals surface area contributed by atoms with Crippen LogP contribution in [0.2, 0.25) is 0 Å². The minimum Gasteiger partial charge on any atom is -0.367 e. The molecule has 0 saturated carbocycles. The zero-order valence-corrected chi connectivity index (χ0v) is 38.7. The summed E-state index contributed by atoms with van der Waals surface area (Å²) in [5, 5.41) is 1.33. The molecule has 0 spiro atoms. The molecular weight excluding hydrogens is 799 g/mol. The van der Waals surface area contributed by atoms with Gasteiger partial charge in [-0.2, -0.15) is 0 Å². The molecule has 0 fully saturated rings. The van der Waals surface area contributed by atoms with Gasteiger partial charge in [0.15, 0.2) is 0 Å². The van der Waals surface area contributed by atoms with Crippen molar-refractivity contribution in [1.29, 1.82) is 0 Å². The number of fused-ring (bicyclic) bond motifs is 5. The van der Waals surface area contributed by atoms with Gasteiger partial charge in [0, 0.05) is 87.3 Å². The van der Waals surface area contributed by atoms with Crippen LogP contribution >= 0.6 is 0 Å². The predicted octanol–water partition coefficient (Wildman–Crippen LogP) is 15.8. The molecule has 66 heavy (non-hydrogen) atoms. The smallest absolute Gasteiger partial charge is 0.0558 e. The van der Waals surface area contributed by atoms with E-state index in [0.29, 0.717) is 35.8 Å². The minimum absolute atomic E-state index is 0.413. The third kappa shape index (κ3) is 7.72. The van der Waals surface area contributed by atoms with Gasteiger partial charge in [0.05, 0.1) is 5.52 Å². The molecule has 0 amide bonds. The van der Waals surface area contributed by atoms with Crippen LogP contribution in [0, 0.1) is 23.7 Å². The second-order valence-corrected chi connectivity index (χ2v) is 20.0. The Morgan fingerprint density at radius 3 is 2.32 bits per heavy atom. The summed E-state index contributed by atoms with van der Waals surface area (Å²) in [7, 11) is 0. The van der Waals surface area contributed by atoms with E-state index in [1.54, 1.807) is 28.0 Å². The molecule has 1 aromatic carbocycles. The Bertz CT molecular complexity index is 2830. The van der Waals surface area contributed by atoms with Crippen molar-refractivity contribution >= 4 is 28.4 Å². The molecule has 0 N–H and O–H groups in total. The number of benzene rings is 1. The van der Waals surface area contributed by atoms with Crippen LogP contribution < -0.4 is 4.90 Å². The lowest BCUT2D eigenvalue weighted by atomic mass is 9.69. The Hall–Kier alpha value is -6.06. The molecule has 0 aliphatic heterocycles. The maximum absolute atomic E-state index is 3.00. The van der Waals surface area contributed by atoms with Crippen LogP contribution in [0.4, 0.5) is 5.69 Å². The first-order valence-corrected chi connectivity index (χ1v) is 25.6. The molecule has 10 aliphatic rings. The number of hydrogen-bond acceptors (Lipinski definition) is 2. The molecule has 2 aromatic rings. The highest BCUT2D eigenvalue weighted by atomic mass is 15.2. The zero-order valence-electron chi connectivity index (χ0n) is 38.7. The highest BCUT2D eigenvalue weighted by Crippen LogP contribution is 2.49. The van der Waals surface area contributed by atoms with E-state index in [1.807, 2.05) is 0 Å². The summed E-state index contributed by atoms with van der Waals surface area (Å²) < 4.78 is 2.55. The molecule has 0 bridgehead atoms. The summed E-state index contributed by atoms with van der Waals surface area (Å²) in [6, 6.07) is 8.25. The number of rotatable bonds is 9. The largest absolute Gasteiger partial charge is 0.367 e. The van der Waals surface area contributed by atoms with E-state index in [-0.39, 0.29) is 0 Å². The molecule has 10 aliphatic carbocycles. The predicted molar refractivity (Wildman–Crippen MR) is 279 cm³/mol. The van der Waals surface area contributed by atoms with Crippen LogP contribution in [0.3, 0.4) is 0 Å². The Morgan fingerprint density at radius 1 is 0.576 bits per heavy atom. The van der Waals surface area contributed by atoms with Crippen molar-refractivity contribution < 1.29 is 0 Å². The SMILES string of the molecule is C1=CCCC(C2=CCC(N(C3=CC=CC4C=CC=CC34)C3CCC(C4C=CC(N(C5=CC=CCC5)c5ccc6c7c(n(C8=CCCC=C8)c6c5)CC=CC=C7)=CC4)=C4CCC=CC43)CC2)=C1. The van der Waals surface area contributed by atoms with Gasteiger partial charge >= 0.3 is 0 Å². The lowest BCUT2D eigenvalue weighted by molar-refractivity contribution is 0.117. The Kier molecular flexibility index (Phi) is 11.5. The van der Waals surface area contributed by atoms with Crippen LogP contribution in [0.1, 0.15) is 101 Å². The van der Waals surface area contributed by atoms with E-state index in [4.69, 9.17) is 0 Å².